The van der Waals surface area contributed by atoms with Crippen LogP contribution in [0.4, 0.5) is 15.3 Å². The smallest absolute Gasteiger partial charge is 0.407 e. The Morgan fingerprint density at radius 2 is 1.37 bits per heavy atom. The van der Waals surface area contributed by atoms with Crippen molar-refractivity contribution in [1.29, 1.82) is 0 Å². The molecule has 4 atom stereocenters. The molecular weight excluding hydrogens is 727 g/mol. The van der Waals surface area contributed by atoms with Gasteiger partial charge in [0.25, 0.3) is 0 Å². The standard InChI is InChI=1S/C43H53N7O7/c1-25(2)35(47-41(54)56-6)38(52)49-20-8-10-34(49)37(51)45-32-18-17-30-22-29(15-16-31(30)23-32)27-11-13-28(14-12-27)33-24-44-40(46-33)43(5)19-9-21-50(43)39(53)36(26(3)4)48-42(55)57-7/h11-18,22-26,34-36H,8-10,19-21H2,1-7H3,(H,44,46)(H,45,51)(H,47,54)(H,48,55). The van der Waals surface area contributed by atoms with Gasteiger partial charge >= 0.3 is 12.2 Å². The van der Waals surface area contributed by atoms with Gasteiger partial charge in [0.15, 0.2) is 0 Å². The highest BCUT2D eigenvalue weighted by atomic mass is 16.5. The van der Waals surface area contributed by atoms with Crippen LogP contribution in [0.15, 0.2) is 66.9 Å². The fourth-order valence-electron chi connectivity index (χ4n) is 7.92. The number of likely N-dealkylation sites (tertiary alicyclic amines) is 2. The number of rotatable bonds is 11. The Hall–Kier alpha value is -5.92. The number of hydrogen-bond acceptors (Lipinski definition) is 8. The Morgan fingerprint density at radius 1 is 0.772 bits per heavy atom. The summed E-state index contributed by atoms with van der Waals surface area (Å²) < 4.78 is 9.48. The molecule has 0 bridgehead atoms. The topological polar surface area (TPSA) is 175 Å². The van der Waals surface area contributed by atoms with E-state index in [1.165, 1.54) is 14.2 Å². The molecule has 0 saturated carbocycles. The number of nitrogens with zero attached hydrogens (tertiary/aromatic N) is 3. The maximum absolute atomic E-state index is 13.7. The Bertz CT molecular complexity index is 2130. The minimum Gasteiger partial charge on any atom is -0.453 e. The summed E-state index contributed by atoms with van der Waals surface area (Å²) in [5, 5.41) is 10.3. The lowest BCUT2D eigenvalue weighted by Gasteiger charge is -2.37. The van der Waals surface area contributed by atoms with Crippen molar-refractivity contribution >= 4 is 46.4 Å². The molecule has 14 heteroatoms. The first-order valence-corrected chi connectivity index (χ1v) is 19.6. The Kier molecular flexibility index (Phi) is 12.2. The van der Waals surface area contributed by atoms with Gasteiger partial charge in [-0.1, -0.05) is 70.2 Å². The van der Waals surface area contributed by atoms with Crippen LogP contribution in [0.3, 0.4) is 0 Å². The third kappa shape index (κ3) is 8.59. The highest BCUT2D eigenvalue weighted by molar-refractivity contribution is 6.00. The van der Waals surface area contributed by atoms with E-state index < -0.39 is 35.9 Å². The van der Waals surface area contributed by atoms with Crippen LogP contribution in [0.5, 0.6) is 0 Å². The van der Waals surface area contributed by atoms with Crippen LogP contribution in [0.25, 0.3) is 33.2 Å². The number of alkyl carbamates (subject to hydrolysis) is 2. The number of anilines is 1. The van der Waals surface area contributed by atoms with Crippen molar-refractivity contribution in [2.45, 2.75) is 84.0 Å². The first-order chi connectivity index (χ1) is 27.2. The summed E-state index contributed by atoms with van der Waals surface area (Å²) in [6.07, 6.45) is 3.25. The number of methoxy groups -OCH3 is 2. The molecule has 4 N–H and O–H groups in total. The molecule has 0 radical (unpaired) electrons. The van der Waals surface area contributed by atoms with Crippen molar-refractivity contribution in [1.82, 2.24) is 30.4 Å². The maximum atomic E-state index is 13.7. The molecule has 4 unspecified atom stereocenters. The quantitative estimate of drug-likeness (QED) is 0.135. The zero-order chi connectivity index (χ0) is 41.0. The van der Waals surface area contributed by atoms with E-state index in [1.54, 1.807) is 11.1 Å². The molecule has 14 nitrogen and oxygen atoms in total. The summed E-state index contributed by atoms with van der Waals surface area (Å²) in [7, 11) is 2.53. The molecule has 3 heterocycles. The van der Waals surface area contributed by atoms with E-state index in [1.807, 2.05) is 82.0 Å². The van der Waals surface area contributed by atoms with Gasteiger partial charge in [-0.05, 0) is 90.1 Å². The molecule has 0 spiro atoms. The number of carbonyl (C=O) groups excluding carboxylic acids is 5. The second-order valence-corrected chi connectivity index (χ2v) is 15.8. The molecule has 1 aromatic heterocycles. The van der Waals surface area contributed by atoms with Gasteiger partial charge in [-0.2, -0.15) is 0 Å². The Morgan fingerprint density at radius 3 is 2.02 bits per heavy atom. The number of carbonyl (C=O) groups is 5. The van der Waals surface area contributed by atoms with Crippen LogP contribution in [0, 0.1) is 11.8 Å². The summed E-state index contributed by atoms with van der Waals surface area (Å²) in [5.74, 6) is -0.346. The Labute approximate surface area is 333 Å². The molecule has 2 aliphatic rings. The third-order valence-corrected chi connectivity index (χ3v) is 11.3. The molecule has 0 aliphatic carbocycles. The van der Waals surface area contributed by atoms with Crippen molar-refractivity contribution in [2.24, 2.45) is 11.8 Å². The van der Waals surface area contributed by atoms with E-state index in [4.69, 9.17) is 14.5 Å². The predicted molar refractivity (Wildman–Crippen MR) is 217 cm³/mol. The number of ether oxygens (including phenoxy) is 2. The maximum Gasteiger partial charge on any atom is 0.407 e. The van der Waals surface area contributed by atoms with Gasteiger partial charge in [-0.15, -0.1) is 0 Å². The second kappa shape index (κ2) is 17.1. The first-order valence-electron chi connectivity index (χ1n) is 19.6. The average molecular weight is 780 g/mol. The molecule has 57 heavy (non-hydrogen) atoms. The number of H-pyrrole nitrogens is 1. The lowest BCUT2D eigenvalue weighted by molar-refractivity contribution is -0.139. The van der Waals surface area contributed by atoms with Crippen LogP contribution >= 0.6 is 0 Å². The van der Waals surface area contributed by atoms with Gasteiger partial charge in [0.1, 0.15) is 23.9 Å². The number of hydrogen-bond donors (Lipinski definition) is 4. The van der Waals surface area contributed by atoms with Crippen molar-refractivity contribution in [3.63, 3.8) is 0 Å². The first kappa shape index (κ1) is 40.7. The number of nitrogens with one attached hydrogen (secondary N) is 4. The highest BCUT2D eigenvalue weighted by Gasteiger charge is 2.46. The molecule has 5 amide bonds. The normalized spacial score (nSPS) is 19.1. The van der Waals surface area contributed by atoms with Crippen LogP contribution < -0.4 is 16.0 Å². The van der Waals surface area contributed by atoms with Gasteiger partial charge in [-0.3, -0.25) is 14.4 Å². The molecular formula is C43H53N7O7. The van der Waals surface area contributed by atoms with Crippen LogP contribution in [-0.2, 0) is 29.4 Å². The van der Waals surface area contributed by atoms with Gasteiger partial charge in [-0.25, -0.2) is 14.6 Å². The minimum absolute atomic E-state index is 0.128. The summed E-state index contributed by atoms with van der Waals surface area (Å²) >= 11 is 0. The molecule has 6 rings (SSSR count). The monoisotopic (exact) mass is 779 g/mol. The number of aromatic nitrogens is 2. The number of imidazole rings is 1. The second-order valence-electron chi connectivity index (χ2n) is 15.8. The fourth-order valence-corrected chi connectivity index (χ4v) is 7.92. The molecule has 3 aromatic carbocycles. The van der Waals surface area contributed by atoms with E-state index in [-0.39, 0.29) is 29.6 Å². The largest absolute Gasteiger partial charge is 0.453 e. The number of fused-ring (bicyclic) bond motifs is 1. The summed E-state index contributed by atoms with van der Waals surface area (Å²) in [5.41, 5.74) is 3.82. The highest BCUT2D eigenvalue weighted by Crippen LogP contribution is 2.39. The summed E-state index contributed by atoms with van der Waals surface area (Å²) in [6.45, 7) is 10.5. The molecule has 302 valence electrons. The zero-order valence-corrected chi connectivity index (χ0v) is 33.7. The molecule has 4 aromatic rings. The average Bonchev–Trinajstić information content (AvgIpc) is 3.99. The number of amides is 5. The SMILES string of the molecule is COC(=O)NC(C(=O)N1CCCC1C(=O)Nc1ccc2cc(-c3ccc(-c4cnc(C5(C)CCCN5C(=O)C(NC(=O)OC)C(C)C)[nH]4)cc3)ccc2c1)C(C)C. The molecule has 2 fully saturated rings. The zero-order valence-electron chi connectivity index (χ0n) is 33.7. The van der Waals surface area contributed by atoms with E-state index in [2.05, 4.69) is 39.1 Å². The number of benzene rings is 3. The molecule has 2 saturated heterocycles. The van der Waals surface area contributed by atoms with E-state index in [0.29, 0.717) is 37.4 Å². The van der Waals surface area contributed by atoms with Gasteiger partial charge < -0.3 is 40.2 Å². The van der Waals surface area contributed by atoms with E-state index >= 15 is 0 Å². The van der Waals surface area contributed by atoms with Gasteiger partial charge in [0, 0.05) is 18.8 Å². The fraction of sp³-hybridized carbons (Fsp3) is 0.442. The van der Waals surface area contributed by atoms with E-state index in [0.717, 1.165) is 46.0 Å². The van der Waals surface area contributed by atoms with Crippen LogP contribution in [-0.4, -0.2) is 95.1 Å². The van der Waals surface area contributed by atoms with Crippen molar-refractivity contribution in [3.05, 3.63) is 72.7 Å². The lowest BCUT2D eigenvalue weighted by atomic mass is 9.95. The Balaban J connectivity index is 1.12. The number of aromatic amines is 1. The van der Waals surface area contributed by atoms with Crippen molar-refractivity contribution in [2.75, 3.05) is 32.6 Å². The molecule has 2 aliphatic heterocycles. The van der Waals surface area contributed by atoms with Crippen LogP contribution in [0.2, 0.25) is 0 Å². The van der Waals surface area contributed by atoms with Crippen molar-refractivity contribution < 1.29 is 33.4 Å². The predicted octanol–water partition coefficient (Wildman–Crippen LogP) is 6.43. The van der Waals surface area contributed by atoms with Crippen LogP contribution in [0.1, 0.15) is 66.1 Å². The lowest BCUT2D eigenvalue weighted by Crippen LogP contribution is -2.55. The summed E-state index contributed by atoms with van der Waals surface area (Å²) in [4.78, 5) is 76.1. The summed E-state index contributed by atoms with van der Waals surface area (Å²) in [6, 6.07) is 18.0. The van der Waals surface area contributed by atoms with E-state index in [9.17, 15) is 24.0 Å². The van der Waals surface area contributed by atoms with Crippen molar-refractivity contribution in [3.8, 4) is 22.4 Å². The van der Waals surface area contributed by atoms with Gasteiger partial charge in [0.05, 0.1) is 31.6 Å². The minimum atomic E-state index is -0.798. The van der Waals surface area contributed by atoms with Gasteiger partial charge in [0.2, 0.25) is 17.7 Å². The third-order valence-electron chi connectivity index (χ3n) is 11.3.